The van der Waals surface area contributed by atoms with Crippen molar-refractivity contribution in [3.8, 4) is 0 Å². The van der Waals surface area contributed by atoms with Gasteiger partial charge >= 0.3 is 0 Å². The fourth-order valence-electron chi connectivity index (χ4n) is 2.20. The van der Waals surface area contributed by atoms with E-state index in [2.05, 4.69) is 10.2 Å². The lowest BCUT2D eigenvalue weighted by Crippen LogP contribution is -2.37. The zero-order valence-electron chi connectivity index (χ0n) is 9.60. The first kappa shape index (κ1) is 10.1. The first-order valence-electron chi connectivity index (χ1n) is 5.66. The van der Waals surface area contributed by atoms with E-state index in [1.807, 2.05) is 31.2 Å². The number of carbonyl (C=O) groups is 1. The molecular weight excluding hydrogens is 214 g/mol. The predicted octanol–water partition coefficient (Wildman–Crippen LogP) is 1.92. The van der Waals surface area contributed by atoms with E-state index in [0.717, 1.165) is 29.8 Å². The monoisotopic (exact) mass is 227 g/mol. The van der Waals surface area contributed by atoms with E-state index in [4.69, 9.17) is 0 Å². The molecule has 1 aliphatic heterocycles. The average Bonchev–Trinajstić information content (AvgIpc) is 2.78. The lowest BCUT2D eigenvalue weighted by Gasteiger charge is -2.26. The highest BCUT2D eigenvalue weighted by Gasteiger charge is 2.26. The van der Waals surface area contributed by atoms with Crippen molar-refractivity contribution in [2.24, 2.45) is 0 Å². The van der Waals surface area contributed by atoms with Crippen molar-refractivity contribution < 1.29 is 4.79 Å². The predicted molar refractivity (Wildman–Crippen MR) is 65.1 cm³/mol. The summed E-state index contributed by atoms with van der Waals surface area (Å²) < 4.78 is 0. The number of aromatic nitrogens is 2. The molecule has 17 heavy (non-hydrogen) atoms. The lowest BCUT2D eigenvalue weighted by atomic mass is 10.1. The van der Waals surface area contributed by atoms with Gasteiger partial charge in [0.05, 0.1) is 6.20 Å². The number of aryl methyl sites for hydroxylation is 1. The summed E-state index contributed by atoms with van der Waals surface area (Å²) in [5.74, 6) is 0.00866. The standard InChI is InChI=1S/C13H13N3O/c1-9-3-2-4-11(7-9)16-6-5-10-8-14-15-12(10)13(16)17/h2-4,7-8H,5-6H2,1H3,(H,14,15). The van der Waals surface area contributed by atoms with E-state index >= 15 is 0 Å². The van der Waals surface area contributed by atoms with Crippen LogP contribution in [0.3, 0.4) is 0 Å². The van der Waals surface area contributed by atoms with Gasteiger partial charge in [-0.2, -0.15) is 5.10 Å². The number of H-pyrrole nitrogens is 1. The second-order valence-electron chi connectivity index (χ2n) is 4.32. The Hall–Kier alpha value is -2.10. The largest absolute Gasteiger partial charge is 0.307 e. The van der Waals surface area contributed by atoms with Crippen molar-refractivity contribution >= 4 is 11.6 Å². The van der Waals surface area contributed by atoms with Crippen LogP contribution in [-0.4, -0.2) is 22.6 Å². The normalized spacial score (nSPS) is 14.9. The van der Waals surface area contributed by atoms with Crippen LogP contribution in [0, 0.1) is 6.92 Å². The molecule has 0 unspecified atom stereocenters. The second-order valence-corrected chi connectivity index (χ2v) is 4.32. The fraction of sp³-hybridized carbons (Fsp3) is 0.231. The van der Waals surface area contributed by atoms with Crippen molar-refractivity contribution in [3.05, 3.63) is 47.3 Å². The lowest BCUT2D eigenvalue weighted by molar-refractivity contribution is 0.0976. The van der Waals surface area contributed by atoms with Crippen LogP contribution in [-0.2, 0) is 6.42 Å². The minimum Gasteiger partial charge on any atom is -0.307 e. The highest BCUT2D eigenvalue weighted by Crippen LogP contribution is 2.23. The molecule has 4 heteroatoms. The molecule has 4 nitrogen and oxygen atoms in total. The molecule has 0 radical (unpaired) electrons. The molecule has 86 valence electrons. The number of carbonyl (C=O) groups excluding carboxylic acids is 1. The third-order valence-corrected chi connectivity index (χ3v) is 3.09. The zero-order valence-corrected chi connectivity index (χ0v) is 9.60. The number of hydrogen-bond donors (Lipinski definition) is 1. The fourth-order valence-corrected chi connectivity index (χ4v) is 2.20. The van der Waals surface area contributed by atoms with Gasteiger partial charge in [0.1, 0.15) is 5.69 Å². The van der Waals surface area contributed by atoms with Crippen molar-refractivity contribution in [1.82, 2.24) is 10.2 Å². The third kappa shape index (κ3) is 1.62. The summed E-state index contributed by atoms with van der Waals surface area (Å²) >= 11 is 0. The number of amides is 1. The van der Waals surface area contributed by atoms with Gasteiger partial charge < -0.3 is 4.90 Å². The Morgan fingerprint density at radius 1 is 1.41 bits per heavy atom. The van der Waals surface area contributed by atoms with E-state index in [-0.39, 0.29) is 5.91 Å². The molecule has 0 bridgehead atoms. The Morgan fingerprint density at radius 2 is 2.29 bits per heavy atom. The van der Waals surface area contributed by atoms with E-state index in [0.29, 0.717) is 5.69 Å². The number of nitrogens with one attached hydrogen (secondary N) is 1. The molecule has 1 aromatic carbocycles. The smallest absolute Gasteiger partial charge is 0.276 e. The van der Waals surface area contributed by atoms with Gasteiger partial charge in [-0.15, -0.1) is 0 Å². The Labute approximate surface area is 99.3 Å². The highest BCUT2D eigenvalue weighted by molar-refractivity contribution is 6.06. The van der Waals surface area contributed by atoms with Crippen LogP contribution in [0.2, 0.25) is 0 Å². The maximum absolute atomic E-state index is 12.2. The molecule has 0 spiro atoms. The van der Waals surface area contributed by atoms with Gasteiger partial charge in [0, 0.05) is 17.8 Å². The van der Waals surface area contributed by atoms with Gasteiger partial charge in [-0.25, -0.2) is 0 Å². The van der Waals surface area contributed by atoms with Crippen LogP contribution >= 0.6 is 0 Å². The van der Waals surface area contributed by atoms with Crippen molar-refractivity contribution in [3.63, 3.8) is 0 Å². The summed E-state index contributed by atoms with van der Waals surface area (Å²) in [5.41, 5.74) is 3.75. The first-order chi connectivity index (χ1) is 8.25. The summed E-state index contributed by atoms with van der Waals surface area (Å²) in [7, 11) is 0. The average molecular weight is 227 g/mol. The Bertz CT molecular complexity index is 574. The minimum absolute atomic E-state index is 0.00866. The van der Waals surface area contributed by atoms with Crippen LogP contribution in [0.5, 0.6) is 0 Å². The molecule has 1 N–H and O–H groups in total. The van der Waals surface area contributed by atoms with E-state index < -0.39 is 0 Å². The van der Waals surface area contributed by atoms with Gasteiger partial charge in [0.15, 0.2) is 0 Å². The molecule has 0 saturated carbocycles. The Morgan fingerprint density at radius 3 is 3.12 bits per heavy atom. The topological polar surface area (TPSA) is 49.0 Å². The van der Waals surface area contributed by atoms with Gasteiger partial charge in [-0.05, 0) is 31.0 Å². The molecule has 3 rings (SSSR count). The van der Waals surface area contributed by atoms with Crippen molar-refractivity contribution in [2.45, 2.75) is 13.3 Å². The maximum Gasteiger partial charge on any atom is 0.276 e. The molecule has 0 aliphatic carbocycles. The zero-order chi connectivity index (χ0) is 11.8. The van der Waals surface area contributed by atoms with Crippen LogP contribution in [0.25, 0.3) is 0 Å². The van der Waals surface area contributed by atoms with Crippen LogP contribution < -0.4 is 4.90 Å². The van der Waals surface area contributed by atoms with Gasteiger partial charge in [0.2, 0.25) is 0 Å². The molecule has 0 fully saturated rings. The molecule has 2 aromatic rings. The highest BCUT2D eigenvalue weighted by atomic mass is 16.2. The van der Waals surface area contributed by atoms with Crippen LogP contribution in [0.15, 0.2) is 30.5 Å². The van der Waals surface area contributed by atoms with Crippen molar-refractivity contribution in [2.75, 3.05) is 11.4 Å². The van der Waals surface area contributed by atoms with E-state index in [1.165, 1.54) is 0 Å². The summed E-state index contributed by atoms with van der Waals surface area (Å²) in [6.07, 6.45) is 2.59. The SMILES string of the molecule is Cc1cccc(N2CCc3cn[nH]c3C2=O)c1. The number of hydrogen-bond acceptors (Lipinski definition) is 2. The number of aromatic amines is 1. The quantitative estimate of drug-likeness (QED) is 0.809. The van der Waals surface area contributed by atoms with Crippen molar-refractivity contribution in [1.29, 1.82) is 0 Å². The molecule has 1 amide bonds. The Balaban J connectivity index is 1.99. The maximum atomic E-state index is 12.2. The first-order valence-corrected chi connectivity index (χ1v) is 5.66. The molecule has 1 aromatic heterocycles. The Kier molecular flexibility index (Phi) is 2.21. The van der Waals surface area contributed by atoms with E-state index in [1.54, 1.807) is 11.1 Å². The third-order valence-electron chi connectivity index (χ3n) is 3.09. The number of rotatable bonds is 1. The van der Waals surface area contributed by atoms with E-state index in [9.17, 15) is 4.79 Å². The molecule has 0 atom stereocenters. The number of nitrogens with zero attached hydrogens (tertiary/aromatic N) is 2. The number of fused-ring (bicyclic) bond motifs is 1. The molecule has 2 heterocycles. The van der Waals surface area contributed by atoms with Gasteiger partial charge in [-0.1, -0.05) is 12.1 Å². The summed E-state index contributed by atoms with van der Waals surface area (Å²) in [4.78, 5) is 14.0. The summed E-state index contributed by atoms with van der Waals surface area (Å²) in [5, 5.41) is 6.71. The van der Waals surface area contributed by atoms with Crippen LogP contribution in [0.4, 0.5) is 5.69 Å². The summed E-state index contributed by atoms with van der Waals surface area (Å²) in [6, 6.07) is 7.99. The molecule has 0 saturated heterocycles. The number of anilines is 1. The molecular formula is C13H13N3O. The number of benzene rings is 1. The van der Waals surface area contributed by atoms with Crippen LogP contribution in [0.1, 0.15) is 21.6 Å². The summed E-state index contributed by atoms with van der Waals surface area (Å²) in [6.45, 7) is 2.74. The van der Waals surface area contributed by atoms with Gasteiger partial charge in [0.25, 0.3) is 5.91 Å². The second kappa shape index (κ2) is 3.73. The minimum atomic E-state index is 0.00866. The molecule has 1 aliphatic rings. The van der Waals surface area contributed by atoms with Gasteiger partial charge in [-0.3, -0.25) is 9.89 Å².